The predicted molar refractivity (Wildman–Crippen MR) is 134 cm³/mol. The molecule has 0 aliphatic carbocycles. The fraction of sp³-hybridized carbons (Fsp3) is 0.464. The Morgan fingerprint density at radius 1 is 0.879 bits per heavy atom. The molecule has 2 aromatic rings. The van der Waals surface area contributed by atoms with Crippen LogP contribution in [0.4, 0.5) is 0 Å². The molecule has 4 rings (SSSR count). The number of piperazine rings is 1. The molecule has 0 saturated carbocycles. The standard InChI is InChI=1S/C28H37N3O2/c1-22-17-30(20-27-7-5-6-26(16-27)19-29-14-3-4-15-29)18-23(2)31(22)21-25-10-8-24(9-11-25)12-13-28(32)33/h5-13,16,22-23H,3-4,14-15,17-21H2,1-2H3,(H,32,33)/t22-,23+. The molecule has 0 aromatic heterocycles. The van der Waals surface area contributed by atoms with Gasteiger partial charge in [0, 0.05) is 50.9 Å². The SMILES string of the molecule is C[C@@H]1CN(Cc2cccc(CN3CCCC3)c2)C[C@H](C)N1Cc1ccc(C=CC(=O)O)cc1. The molecule has 0 unspecified atom stereocenters. The summed E-state index contributed by atoms with van der Waals surface area (Å²) >= 11 is 0. The largest absolute Gasteiger partial charge is 0.478 e. The van der Waals surface area contributed by atoms with Gasteiger partial charge in [-0.2, -0.15) is 0 Å². The number of carboxylic acids is 1. The molecule has 2 aliphatic rings. The number of aliphatic carboxylic acids is 1. The first-order chi connectivity index (χ1) is 16.0. The third-order valence-corrected chi connectivity index (χ3v) is 6.94. The molecule has 0 spiro atoms. The van der Waals surface area contributed by atoms with Crippen molar-refractivity contribution in [3.63, 3.8) is 0 Å². The molecule has 5 heteroatoms. The van der Waals surface area contributed by atoms with Crippen LogP contribution in [-0.4, -0.2) is 64.0 Å². The Kier molecular flexibility index (Phi) is 7.97. The quantitative estimate of drug-likeness (QED) is 0.605. The van der Waals surface area contributed by atoms with Crippen molar-refractivity contribution in [2.45, 2.75) is 58.4 Å². The van der Waals surface area contributed by atoms with Gasteiger partial charge >= 0.3 is 5.97 Å². The van der Waals surface area contributed by atoms with Crippen LogP contribution in [0.2, 0.25) is 0 Å². The number of nitrogens with zero attached hydrogens (tertiary/aromatic N) is 3. The van der Waals surface area contributed by atoms with Crippen molar-refractivity contribution in [2.75, 3.05) is 26.2 Å². The monoisotopic (exact) mass is 447 g/mol. The zero-order valence-electron chi connectivity index (χ0n) is 20.0. The third kappa shape index (κ3) is 6.76. The lowest BCUT2D eigenvalue weighted by molar-refractivity contribution is -0.131. The molecule has 0 amide bonds. The summed E-state index contributed by atoms with van der Waals surface area (Å²) in [5.41, 5.74) is 5.04. The van der Waals surface area contributed by atoms with Gasteiger partial charge in [-0.3, -0.25) is 14.7 Å². The van der Waals surface area contributed by atoms with Gasteiger partial charge in [-0.1, -0.05) is 48.5 Å². The second-order valence-corrected chi connectivity index (χ2v) is 9.78. The van der Waals surface area contributed by atoms with Crippen molar-refractivity contribution in [2.24, 2.45) is 0 Å². The first kappa shape index (κ1) is 23.7. The van der Waals surface area contributed by atoms with Crippen LogP contribution < -0.4 is 0 Å². The molecular formula is C28H37N3O2. The van der Waals surface area contributed by atoms with E-state index >= 15 is 0 Å². The minimum absolute atomic E-state index is 0.480. The normalized spacial score (nSPS) is 22.8. The van der Waals surface area contributed by atoms with E-state index in [-0.39, 0.29) is 0 Å². The number of carboxylic acid groups (broad SMARTS) is 1. The van der Waals surface area contributed by atoms with Crippen molar-refractivity contribution in [1.82, 2.24) is 14.7 Å². The highest BCUT2D eigenvalue weighted by atomic mass is 16.4. The van der Waals surface area contributed by atoms with Gasteiger partial charge in [-0.25, -0.2) is 4.79 Å². The zero-order valence-corrected chi connectivity index (χ0v) is 20.0. The summed E-state index contributed by atoms with van der Waals surface area (Å²) < 4.78 is 0. The summed E-state index contributed by atoms with van der Waals surface area (Å²) in [4.78, 5) is 18.5. The highest BCUT2D eigenvalue weighted by Crippen LogP contribution is 2.22. The summed E-state index contributed by atoms with van der Waals surface area (Å²) in [5.74, 6) is -0.919. The van der Waals surface area contributed by atoms with Gasteiger partial charge in [0.1, 0.15) is 0 Å². The molecule has 33 heavy (non-hydrogen) atoms. The van der Waals surface area contributed by atoms with Gasteiger partial charge in [0.15, 0.2) is 0 Å². The van der Waals surface area contributed by atoms with Crippen molar-refractivity contribution in [3.8, 4) is 0 Å². The van der Waals surface area contributed by atoms with Crippen LogP contribution in [0.1, 0.15) is 48.9 Å². The van der Waals surface area contributed by atoms with Gasteiger partial charge in [-0.05, 0) is 68.1 Å². The molecule has 2 fully saturated rings. The van der Waals surface area contributed by atoms with E-state index in [1.54, 1.807) is 6.08 Å². The fourth-order valence-electron chi connectivity index (χ4n) is 5.30. The van der Waals surface area contributed by atoms with Crippen molar-refractivity contribution < 1.29 is 9.90 Å². The molecule has 2 aromatic carbocycles. The smallest absolute Gasteiger partial charge is 0.328 e. The molecule has 0 radical (unpaired) electrons. The Balaban J connectivity index is 1.32. The molecule has 2 saturated heterocycles. The van der Waals surface area contributed by atoms with Gasteiger partial charge in [0.25, 0.3) is 0 Å². The minimum atomic E-state index is -0.919. The Morgan fingerprint density at radius 2 is 1.48 bits per heavy atom. The summed E-state index contributed by atoms with van der Waals surface area (Å²) in [7, 11) is 0. The molecule has 1 N–H and O–H groups in total. The Labute approximate surface area is 198 Å². The van der Waals surface area contributed by atoms with E-state index in [0.29, 0.717) is 12.1 Å². The Bertz CT molecular complexity index is 938. The molecule has 2 aliphatic heterocycles. The molecular weight excluding hydrogens is 410 g/mol. The van der Waals surface area contributed by atoms with Crippen molar-refractivity contribution in [1.29, 1.82) is 0 Å². The van der Waals surface area contributed by atoms with E-state index in [9.17, 15) is 4.79 Å². The van der Waals surface area contributed by atoms with Crippen LogP contribution >= 0.6 is 0 Å². The average molecular weight is 448 g/mol. The van der Waals surface area contributed by atoms with Crippen LogP contribution in [0, 0.1) is 0 Å². The van der Waals surface area contributed by atoms with Crippen LogP contribution in [-0.2, 0) is 24.4 Å². The van der Waals surface area contributed by atoms with E-state index in [1.165, 1.54) is 48.7 Å². The van der Waals surface area contributed by atoms with E-state index in [2.05, 4.69) is 64.9 Å². The van der Waals surface area contributed by atoms with Gasteiger partial charge in [0.2, 0.25) is 0 Å². The number of hydrogen-bond acceptors (Lipinski definition) is 4. The van der Waals surface area contributed by atoms with Gasteiger partial charge < -0.3 is 5.11 Å². The summed E-state index contributed by atoms with van der Waals surface area (Å²) in [5, 5.41) is 8.79. The summed E-state index contributed by atoms with van der Waals surface area (Å²) in [6.07, 6.45) is 5.49. The Hall–Kier alpha value is -2.47. The van der Waals surface area contributed by atoms with Crippen LogP contribution in [0.15, 0.2) is 54.6 Å². The zero-order chi connectivity index (χ0) is 23.2. The van der Waals surface area contributed by atoms with Gasteiger partial charge in [0.05, 0.1) is 0 Å². The predicted octanol–water partition coefficient (Wildman–Crippen LogP) is 4.48. The number of rotatable bonds is 8. The lowest BCUT2D eigenvalue weighted by Crippen LogP contribution is -2.55. The molecule has 2 atom stereocenters. The summed E-state index contributed by atoms with van der Waals surface area (Å²) in [6, 6.07) is 18.3. The molecule has 2 heterocycles. The van der Waals surface area contributed by atoms with Crippen molar-refractivity contribution in [3.05, 3.63) is 76.9 Å². The second kappa shape index (κ2) is 11.1. The number of likely N-dealkylation sites (tertiary alicyclic amines) is 1. The first-order valence-electron chi connectivity index (χ1n) is 12.2. The minimum Gasteiger partial charge on any atom is -0.478 e. The number of hydrogen-bond donors (Lipinski definition) is 1. The van der Waals surface area contributed by atoms with E-state index in [0.717, 1.165) is 38.3 Å². The lowest BCUT2D eigenvalue weighted by Gasteiger charge is -2.44. The second-order valence-electron chi connectivity index (χ2n) is 9.78. The maximum Gasteiger partial charge on any atom is 0.328 e. The van der Waals surface area contributed by atoms with Crippen LogP contribution in [0.5, 0.6) is 0 Å². The topological polar surface area (TPSA) is 47.0 Å². The van der Waals surface area contributed by atoms with Crippen LogP contribution in [0.25, 0.3) is 6.08 Å². The van der Waals surface area contributed by atoms with E-state index in [1.807, 2.05) is 12.1 Å². The Morgan fingerprint density at radius 3 is 2.09 bits per heavy atom. The maximum atomic E-state index is 10.7. The molecule has 5 nitrogen and oxygen atoms in total. The first-order valence-corrected chi connectivity index (χ1v) is 12.2. The summed E-state index contributed by atoms with van der Waals surface area (Å²) in [6.45, 7) is 12.3. The third-order valence-electron chi connectivity index (χ3n) is 6.94. The number of benzene rings is 2. The van der Waals surface area contributed by atoms with Crippen LogP contribution in [0.3, 0.4) is 0 Å². The fourth-order valence-corrected chi connectivity index (χ4v) is 5.30. The highest BCUT2D eigenvalue weighted by Gasteiger charge is 2.29. The maximum absolute atomic E-state index is 10.7. The van der Waals surface area contributed by atoms with Crippen molar-refractivity contribution >= 4 is 12.0 Å². The highest BCUT2D eigenvalue weighted by molar-refractivity contribution is 5.85. The lowest BCUT2D eigenvalue weighted by atomic mass is 10.0. The molecule has 0 bridgehead atoms. The number of carbonyl (C=O) groups is 1. The molecule has 176 valence electrons. The van der Waals surface area contributed by atoms with Gasteiger partial charge in [-0.15, -0.1) is 0 Å². The van der Waals surface area contributed by atoms with E-state index < -0.39 is 5.97 Å². The van der Waals surface area contributed by atoms with E-state index in [4.69, 9.17) is 5.11 Å². The average Bonchev–Trinajstić information content (AvgIpc) is 3.29.